The molecule has 1 aromatic rings. The Morgan fingerprint density at radius 3 is 2.32 bits per heavy atom. The van der Waals surface area contributed by atoms with Crippen molar-refractivity contribution in [3.63, 3.8) is 0 Å². The zero-order valence-corrected chi connectivity index (χ0v) is 14.5. The number of nitrogens with zero attached hydrogens (tertiary/aromatic N) is 2. The highest BCUT2D eigenvalue weighted by Gasteiger charge is 2.34. The van der Waals surface area contributed by atoms with E-state index in [2.05, 4.69) is 6.08 Å². The van der Waals surface area contributed by atoms with Crippen LogP contribution in [0.3, 0.4) is 0 Å². The molecule has 136 valence electrons. The van der Waals surface area contributed by atoms with Crippen LogP contribution in [0.1, 0.15) is 19.3 Å². The van der Waals surface area contributed by atoms with Crippen LogP contribution in [-0.4, -0.2) is 49.7 Å². The van der Waals surface area contributed by atoms with Crippen LogP contribution in [0.5, 0.6) is 0 Å². The molecule has 2 aliphatic rings. The van der Waals surface area contributed by atoms with Crippen molar-refractivity contribution in [3.05, 3.63) is 42.0 Å². The minimum absolute atomic E-state index is 0.00864. The van der Waals surface area contributed by atoms with E-state index < -0.39 is 26.6 Å². The van der Waals surface area contributed by atoms with E-state index in [1.807, 2.05) is 6.08 Å². The average molecular weight is 370 g/mol. The molecule has 0 unspecified atom stereocenters. The molecule has 0 N–H and O–H groups in total. The van der Waals surface area contributed by atoms with Crippen LogP contribution in [0, 0.1) is 17.6 Å². The first-order valence-electron chi connectivity index (χ1n) is 8.28. The zero-order valence-electron chi connectivity index (χ0n) is 13.7. The standard InChI is InChI=1S/C17H20F2N2O3S/c18-14-6-3-7-15(19)17(14)25(23,24)21-10-8-20(9-11-21)16(22)12-13-4-1-2-5-13/h1,3-4,6-7,13H,2,5,8-12H2/t13-/m1/s1. The van der Waals surface area contributed by atoms with Gasteiger partial charge in [-0.1, -0.05) is 18.2 Å². The summed E-state index contributed by atoms with van der Waals surface area (Å²) in [4.78, 5) is 13.0. The molecule has 0 radical (unpaired) electrons. The molecule has 0 bridgehead atoms. The van der Waals surface area contributed by atoms with Crippen molar-refractivity contribution >= 4 is 15.9 Å². The smallest absolute Gasteiger partial charge is 0.249 e. The second kappa shape index (κ2) is 7.21. The number of amides is 1. The van der Waals surface area contributed by atoms with Crippen LogP contribution < -0.4 is 0 Å². The van der Waals surface area contributed by atoms with E-state index in [0.29, 0.717) is 6.42 Å². The molecule has 8 heteroatoms. The Kier molecular flexibility index (Phi) is 5.19. The molecule has 1 saturated heterocycles. The Morgan fingerprint density at radius 1 is 1.12 bits per heavy atom. The van der Waals surface area contributed by atoms with Gasteiger partial charge in [-0.3, -0.25) is 4.79 Å². The van der Waals surface area contributed by atoms with E-state index in [4.69, 9.17) is 0 Å². The van der Waals surface area contributed by atoms with E-state index in [0.717, 1.165) is 35.3 Å². The normalized spacial score (nSPS) is 21.7. The third-order valence-corrected chi connectivity index (χ3v) is 6.61. The van der Waals surface area contributed by atoms with Crippen molar-refractivity contribution in [1.29, 1.82) is 0 Å². The Labute approximate surface area is 146 Å². The van der Waals surface area contributed by atoms with Crippen LogP contribution in [0.15, 0.2) is 35.2 Å². The second-order valence-electron chi connectivity index (χ2n) is 6.31. The predicted octanol–water partition coefficient (Wildman–Crippen LogP) is 2.15. The summed E-state index contributed by atoms with van der Waals surface area (Å²) in [5.74, 6) is -1.97. The van der Waals surface area contributed by atoms with Crippen molar-refractivity contribution in [2.45, 2.75) is 24.2 Å². The maximum atomic E-state index is 13.8. The molecule has 1 fully saturated rings. The van der Waals surface area contributed by atoms with Gasteiger partial charge >= 0.3 is 0 Å². The molecule has 1 aliphatic heterocycles. The zero-order chi connectivity index (χ0) is 18.0. The third kappa shape index (κ3) is 3.74. The number of carbonyl (C=O) groups excluding carboxylic acids is 1. The van der Waals surface area contributed by atoms with Crippen molar-refractivity contribution in [1.82, 2.24) is 9.21 Å². The summed E-state index contributed by atoms with van der Waals surface area (Å²) in [6, 6.07) is 2.97. The van der Waals surface area contributed by atoms with Gasteiger partial charge in [0.1, 0.15) is 11.6 Å². The lowest BCUT2D eigenvalue weighted by molar-refractivity contribution is -0.133. The summed E-state index contributed by atoms with van der Waals surface area (Å²) >= 11 is 0. The van der Waals surface area contributed by atoms with Gasteiger partial charge in [-0.15, -0.1) is 0 Å². The minimum Gasteiger partial charge on any atom is -0.340 e. The minimum atomic E-state index is -4.26. The summed E-state index contributed by atoms with van der Waals surface area (Å²) in [5, 5.41) is 0. The largest absolute Gasteiger partial charge is 0.340 e. The van der Waals surface area contributed by atoms with Gasteiger partial charge in [-0.05, 0) is 30.9 Å². The SMILES string of the molecule is O=C(C[C@@H]1C=CCC1)N1CCN(S(=O)(=O)c2c(F)cccc2F)CC1. The molecule has 0 saturated carbocycles. The number of piperazine rings is 1. The Morgan fingerprint density at radius 2 is 1.76 bits per heavy atom. The fourth-order valence-corrected chi connectivity index (χ4v) is 4.79. The molecular formula is C17H20F2N2O3S. The third-order valence-electron chi connectivity index (χ3n) is 4.66. The number of hydrogen-bond donors (Lipinski definition) is 0. The maximum Gasteiger partial charge on any atom is 0.249 e. The van der Waals surface area contributed by atoms with E-state index in [9.17, 15) is 22.0 Å². The fraction of sp³-hybridized carbons (Fsp3) is 0.471. The van der Waals surface area contributed by atoms with Crippen LogP contribution >= 0.6 is 0 Å². The molecule has 0 spiro atoms. The van der Waals surface area contributed by atoms with Gasteiger partial charge in [0.05, 0.1) is 0 Å². The summed E-state index contributed by atoms with van der Waals surface area (Å²) in [7, 11) is -4.26. The van der Waals surface area contributed by atoms with Crippen molar-refractivity contribution in [2.24, 2.45) is 5.92 Å². The quantitative estimate of drug-likeness (QED) is 0.763. The summed E-state index contributed by atoms with van der Waals surface area (Å²) in [5.41, 5.74) is 0. The first kappa shape index (κ1) is 18.0. The van der Waals surface area contributed by atoms with Crippen LogP contribution in [-0.2, 0) is 14.8 Å². The molecule has 3 rings (SSSR count). The van der Waals surface area contributed by atoms with Gasteiger partial charge in [0.2, 0.25) is 15.9 Å². The van der Waals surface area contributed by atoms with Gasteiger partial charge in [-0.25, -0.2) is 17.2 Å². The molecule has 5 nitrogen and oxygen atoms in total. The summed E-state index contributed by atoms with van der Waals surface area (Å²) < 4.78 is 53.7. The molecule has 1 aromatic carbocycles. The van der Waals surface area contributed by atoms with Gasteiger partial charge in [0.25, 0.3) is 0 Å². The van der Waals surface area contributed by atoms with Gasteiger partial charge < -0.3 is 4.90 Å². The topological polar surface area (TPSA) is 57.7 Å². The second-order valence-corrected chi connectivity index (χ2v) is 8.18. The number of halogens is 2. The first-order valence-corrected chi connectivity index (χ1v) is 9.72. The number of hydrogen-bond acceptors (Lipinski definition) is 3. The van der Waals surface area contributed by atoms with E-state index in [1.165, 1.54) is 0 Å². The van der Waals surface area contributed by atoms with Gasteiger partial charge in [0, 0.05) is 32.6 Å². The maximum absolute atomic E-state index is 13.8. The molecule has 1 heterocycles. The number of benzene rings is 1. The van der Waals surface area contributed by atoms with Crippen molar-refractivity contribution in [3.8, 4) is 0 Å². The number of allylic oxidation sites excluding steroid dienone is 2. The lowest BCUT2D eigenvalue weighted by atomic mass is 10.0. The fourth-order valence-electron chi connectivity index (χ4n) is 3.25. The van der Waals surface area contributed by atoms with E-state index >= 15 is 0 Å². The lowest BCUT2D eigenvalue weighted by Gasteiger charge is -2.34. The first-order chi connectivity index (χ1) is 11.9. The van der Waals surface area contributed by atoms with Crippen molar-refractivity contribution in [2.75, 3.05) is 26.2 Å². The molecule has 0 aromatic heterocycles. The average Bonchev–Trinajstić information content (AvgIpc) is 3.07. The summed E-state index contributed by atoms with van der Waals surface area (Å²) in [6.45, 7) is 0.514. The molecular weight excluding hydrogens is 350 g/mol. The number of rotatable bonds is 4. The monoisotopic (exact) mass is 370 g/mol. The van der Waals surface area contributed by atoms with Crippen LogP contribution in [0.25, 0.3) is 0 Å². The molecule has 25 heavy (non-hydrogen) atoms. The highest BCUT2D eigenvalue weighted by Crippen LogP contribution is 2.25. The summed E-state index contributed by atoms with van der Waals surface area (Å²) in [6.07, 6.45) is 6.47. The number of carbonyl (C=O) groups is 1. The lowest BCUT2D eigenvalue weighted by Crippen LogP contribution is -2.50. The van der Waals surface area contributed by atoms with Crippen molar-refractivity contribution < 1.29 is 22.0 Å². The number of sulfonamides is 1. The molecule has 1 atom stereocenters. The van der Waals surface area contributed by atoms with Gasteiger partial charge in [0.15, 0.2) is 4.90 Å². The van der Waals surface area contributed by atoms with E-state index in [1.54, 1.807) is 4.90 Å². The van der Waals surface area contributed by atoms with E-state index in [-0.39, 0.29) is 38.0 Å². The Hall–Kier alpha value is -1.80. The molecule has 1 aliphatic carbocycles. The Bertz CT molecular complexity index is 767. The van der Waals surface area contributed by atoms with Gasteiger partial charge in [-0.2, -0.15) is 4.31 Å². The highest BCUT2D eigenvalue weighted by atomic mass is 32.2. The Balaban J connectivity index is 1.65. The van der Waals surface area contributed by atoms with Crippen LogP contribution in [0.4, 0.5) is 8.78 Å². The predicted molar refractivity (Wildman–Crippen MR) is 88.2 cm³/mol. The molecule has 1 amide bonds. The van der Waals surface area contributed by atoms with Crippen LogP contribution in [0.2, 0.25) is 0 Å². The highest BCUT2D eigenvalue weighted by molar-refractivity contribution is 7.89.